The topological polar surface area (TPSA) is 17.1 Å². The van der Waals surface area contributed by atoms with Crippen LogP contribution < -0.4 is 0 Å². The van der Waals surface area contributed by atoms with Crippen molar-refractivity contribution in [3.63, 3.8) is 0 Å². The van der Waals surface area contributed by atoms with Gasteiger partial charge in [-0.1, -0.05) is 54.1 Å². The zero-order valence-electron chi connectivity index (χ0n) is 9.81. The van der Waals surface area contributed by atoms with E-state index in [-0.39, 0.29) is 5.92 Å². The Morgan fingerprint density at radius 3 is 2.59 bits per heavy atom. The van der Waals surface area contributed by atoms with Crippen LogP contribution in [0.25, 0.3) is 0 Å². The molecule has 1 heteroatoms. The summed E-state index contributed by atoms with van der Waals surface area (Å²) in [5, 5.41) is 0. The van der Waals surface area contributed by atoms with Crippen molar-refractivity contribution in [3.05, 3.63) is 70.8 Å². The molecule has 1 nitrogen and oxygen atoms in total. The molecule has 0 amide bonds. The highest BCUT2D eigenvalue weighted by molar-refractivity contribution is 5.95. The molecule has 0 spiro atoms. The summed E-state index contributed by atoms with van der Waals surface area (Å²) in [4.78, 5) is 12.1. The summed E-state index contributed by atoms with van der Waals surface area (Å²) in [6.45, 7) is 2.07. The van der Waals surface area contributed by atoms with Gasteiger partial charge in [0.05, 0.1) is 5.92 Å². The van der Waals surface area contributed by atoms with Crippen LogP contribution in [0.2, 0.25) is 0 Å². The van der Waals surface area contributed by atoms with Gasteiger partial charge in [0.15, 0.2) is 0 Å². The highest BCUT2D eigenvalue weighted by Gasteiger charge is 2.31. The van der Waals surface area contributed by atoms with E-state index in [4.69, 9.17) is 0 Å². The lowest BCUT2D eigenvalue weighted by molar-refractivity contribution is -0.118. The van der Waals surface area contributed by atoms with Crippen LogP contribution in [0, 0.1) is 6.92 Å². The summed E-state index contributed by atoms with van der Waals surface area (Å²) in [7, 11) is 0. The molecular weight excluding hydrogens is 208 g/mol. The van der Waals surface area contributed by atoms with Crippen molar-refractivity contribution < 1.29 is 4.79 Å². The lowest BCUT2D eigenvalue weighted by Crippen LogP contribution is -2.07. The van der Waals surface area contributed by atoms with Crippen LogP contribution in [0.4, 0.5) is 0 Å². The Kier molecular flexibility index (Phi) is 2.32. The minimum atomic E-state index is -0.0499. The second-order valence-electron chi connectivity index (χ2n) is 4.69. The Balaban J connectivity index is 2.14. The van der Waals surface area contributed by atoms with Gasteiger partial charge in [-0.15, -0.1) is 0 Å². The monoisotopic (exact) mass is 222 g/mol. The third-order valence-corrected chi connectivity index (χ3v) is 3.43. The van der Waals surface area contributed by atoms with E-state index in [1.54, 1.807) is 0 Å². The van der Waals surface area contributed by atoms with Gasteiger partial charge >= 0.3 is 0 Å². The molecule has 3 rings (SSSR count). The van der Waals surface area contributed by atoms with Gasteiger partial charge in [0.25, 0.3) is 0 Å². The number of benzene rings is 2. The molecule has 84 valence electrons. The molecule has 0 fully saturated rings. The second kappa shape index (κ2) is 3.85. The number of fused-ring (bicyclic) bond motifs is 1. The first-order valence-corrected chi connectivity index (χ1v) is 5.93. The Hall–Kier alpha value is -1.89. The van der Waals surface area contributed by atoms with Crippen molar-refractivity contribution in [3.8, 4) is 0 Å². The van der Waals surface area contributed by atoms with Gasteiger partial charge < -0.3 is 0 Å². The fraction of sp³-hybridized carbons (Fsp3) is 0.188. The van der Waals surface area contributed by atoms with Crippen LogP contribution in [0.3, 0.4) is 0 Å². The molecule has 0 N–H and O–H groups in total. The van der Waals surface area contributed by atoms with Gasteiger partial charge in [-0.05, 0) is 23.6 Å². The fourth-order valence-corrected chi connectivity index (χ4v) is 2.62. The van der Waals surface area contributed by atoms with E-state index in [9.17, 15) is 4.79 Å². The third-order valence-electron chi connectivity index (χ3n) is 3.43. The summed E-state index contributed by atoms with van der Waals surface area (Å²) in [5.74, 6) is 0.267. The van der Waals surface area contributed by atoms with Crippen LogP contribution in [0.1, 0.15) is 28.2 Å². The van der Waals surface area contributed by atoms with E-state index in [2.05, 4.69) is 25.1 Å². The number of carbonyl (C=O) groups excluding carboxylic acids is 1. The lowest BCUT2D eigenvalue weighted by atomic mass is 9.92. The first-order valence-electron chi connectivity index (χ1n) is 5.93. The molecule has 1 aliphatic rings. The number of hydrogen-bond donors (Lipinski definition) is 0. The first-order chi connectivity index (χ1) is 8.25. The maximum Gasteiger partial charge on any atom is 0.149 e. The Morgan fingerprint density at radius 2 is 1.82 bits per heavy atom. The summed E-state index contributed by atoms with van der Waals surface area (Å²) in [6.07, 6.45) is 0.579. The summed E-state index contributed by atoms with van der Waals surface area (Å²) in [6, 6.07) is 16.4. The van der Waals surface area contributed by atoms with Gasteiger partial charge in [0.1, 0.15) is 5.78 Å². The van der Waals surface area contributed by atoms with Crippen molar-refractivity contribution >= 4 is 5.78 Å². The maximum absolute atomic E-state index is 12.1. The highest BCUT2D eigenvalue weighted by Crippen LogP contribution is 2.35. The number of ketones is 1. The molecule has 17 heavy (non-hydrogen) atoms. The van der Waals surface area contributed by atoms with Crippen LogP contribution in [0.5, 0.6) is 0 Å². The molecule has 1 unspecified atom stereocenters. The molecule has 2 aromatic rings. The average molecular weight is 222 g/mol. The van der Waals surface area contributed by atoms with Gasteiger partial charge in [-0.3, -0.25) is 4.79 Å². The number of rotatable bonds is 1. The fourth-order valence-electron chi connectivity index (χ4n) is 2.62. The van der Waals surface area contributed by atoms with Crippen molar-refractivity contribution in [2.24, 2.45) is 0 Å². The number of hydrogen-bond acceptors (Lipinski definition) is 1. The largest absolute Gasteiger partial charge is 0.298 e. The van der Waals surface area contributed by atoms with Crippen LogP contribution in [-0.4, -0.2) is 5.78 Å². The van der Waals surface area contributed by atoms with E-state index >= 15 is 0 Å². The Labute approximate surface area is 101 Å². The van der Waals surface area contributed by atoms with E-state index in [1.807, 2.05) is 30.3 Å². The minimum Gasteiger partial charge on any atom is -0.298 e. The van der Waals surface area contributed by atoms with E-state index in [0.717, 1.165) is 5.56 Å². The van der Waals surface area contributed by atoms with E-state index in [0.29, 0.717) is 12.2 Å². The molecule has 0 saturated carbocycles. The predicted molar refractivity (Wildman–Crippen MR) is 68.2 cm³/mol. The molecule has 2 aromatic carbocycles. The molecule has 0 bridgehead atoms. The van der Waals surface area contributed by atoms with Gasteiger partial charge in [-0.25, -0.2) is 0 Å². The summed E-state index contributed by atoms with van der Waals surface area (Å²) >= 11 is 0. The predicted octanol–water partition coefficient (Wildman–Crippen LogP) is 3.25. The van der Waals surface area contributed by atoms with Crippen molar-refractivity contribution in [1.82, 2.24) is 0 Å². The molecule has 1 atom stereocenters. The summed E-state index contributed by atoms with van der Waals surface area (Å²) in [5.41, 5.74) is 4.72. The van der Waals surface area contributed by atoms with Crippen molar-refractivity contribution in [1.29, 1.82) is 0 Å². The number of aryl methyl sites for hydroxylation is 1. The standard InChI is InChI=1S/C16H14O/c1-11-7-8-13-10-15(17)16(14(13)9-11)12-5-3-2-4-6-12/h2-9,16H,10H2,1H3. The van der Waals surface area contributed by atoms with Crippen molar-refractivity contribution in [2.75, 3.05) is 0 Å². The first kappa shape index (κ1) is 10.3. The second-order valence-corrected chi connectivity index (χ2v) is 4.69. The Morgan fingerprint density at radius 1 is 1.06 bits per heavy atom. The van der Waals surface area contributed by atoms with Crippen LogP contribution in [-0.2, 0) is 11.2 Å². The highest BCUT2D eigenvalue weighted by atomic mass is 16.1. The van der Waals surface area contributed by atoms with Crippen molar-refractivity contribution in [2.45, 2.75) is 19.3 Å². The molecule has 0 heterocycles. The normalized spacial score (nSPS) is 18.2. The molecule has 0 aromatic heterocycles. The van der Waals surface area contributed by atoms with Crippen LogP contribution in [0.15, 0.2) is 48.5 Å². The maximum atomic E-state index is 12.1. The van der Waals surface area contributed by atoms with E-state index < -0.39 is 0 Å². The molecule has 0 aliphatic heterocycles. The molecule has 0 radical (unpaired) electrons. The minimum absolute atomic E-state index is 0.0499. The zero-order chi connectivity index (χ0) is 11.8. The molecular formula is C16H14O. The number of Topliss-reactive ketones (excluding diaryl/α,β-unsaturated/α-hetero) is 1. The smallest absolute Gasteiger partial charge is 0.149 e. The average Bonchev–Trinajstić information content (AvgIpc) is 2.65. The van der Waals surface area contributed by atoms with Gasteiger partial charge in [0.2, 0.25) is 0 Å². The quantitative estimate of drug-likeness (QED) is 0.724. The zero-order valence-corrected chi connectivity index (χ0v) is 9.81. The SMILES string of the molecule is Cc1ccc2c(c1)C(c1ccccc1)C(=O)C2. The molecule has 1 aliphatic carbocycles. The number of carbonyl (C=O) groups is 1. The van der Waals surface area contributed by atoms with Gasteiger partial charge in [0, 0.05) is 6.42 Å². The Bertz CT molecular complexity index is 569. The lowest BCUT2D eigenvalue weighted by Gasteiger charge is -2.11. The van der Waals surface area contributed by atoms with Crippen LogP contribution >= 0.6 is 0 Å². The molecule has 0 saturated heterocycles. The third kappa shape index (κ3) is 1.68. The van der Waals surface area contributed by atoms with E-state index in [1.165, 1.54) is 16.7 Å². The summed E-state index contributed by atoms with van der Waals surface area (Å²) < 4.78 is 0. The van der Waals surface area contributed by atoms with Gasteiger partial charge in [-0.2, -0.15) is 0 Å².